The highest BCUT2D eigenvalue weighted by Crippen LogP contribution is 2.10. The fraction of sp³-hybridized carbons (Fsp3) is 1.00. The lowest BCUT2D eigenvalue weighted by molar-refractivity contribution is 0.0963. The third-order valence-electron chi connectivity index (χ3n) is 2.52. The number of rotatable bonds is 7. The lowest BCUT2D eigenvalue weighted by atomic mass is 10.2. The van der Waals surface area contributed by atoms with Gasteiger partial charge in [0, 0.05) is 26.2 Å². The van der Waals surface area contributed by atoms with Gasteiger partial charge in [0.2, 0.25) is 0 Å². The van der Waals surface area contributed by atoms with Crippen LogP contribution in [0.5, 0.6) is 0 Å². The van der Waals surface area contributed by atoms with E-state index in [1.807, 2.05) is 0 Å². The maximum Gasteiger partial charge on any atom is 0.251 e. The smallest absolute Gasteiger partial charge is 0.251 e. The summed E-state index contributed by atoms with van der Waals surface area (Å²) < 4.78 is 29.3. The number of alkyl halides is 2. The predicted molar refractivity (Wildman–Crippen MR) is 55.3 cm³/mol. The fourth-order valence-corrected chi connectivity index (χ4v) is 1.67. The Labute approximate surface area is 89.8 Å². The van der Waals surface area contributed by atoms with Crippen LogP contribution in [-0.2, 0) is 4.74 Å². The Morgan fingerprint density at radius 2 is 2.33 bits per heavy atom. The molecule has 0 aliphatic carbocycles. The van der Waals surface area contributed by atoms with Crippen LogP contribution in [-0.4, -0.2) is 57.3 Å². The zero-order chi connectivity index (χ0) is 11.1. The summed E-state index contributed by atoms with van der Waals surface area (Å²) in [5.74, 6) is 0. The molecule has 1 aliphatic rings. The molecule has 3 nitrogen and oxygen atoms in total. The number of nitrogens with one attached hydrogen (secondary N) is 1. The Morgan fingerprint density at radius 1 is 1.53 bits per heavy atom. The quantitative estimate of drug-likeness (QED) is 0.649. The number of halogens is 2. The summed E-state index contributed by atoms with van der Waals surface area (Å²) in [5.41, 5.74) is 0. The first-order valence-electron chi connectivity index (χ1n) is 5.47. The van der Waals surface area contributed by atoms with Crippen molar-refractivity contribution in [2.75, 3.05) is 39.8 Å². The molecule has 5 heteroatoms. The van der Waals surface area contributed by atoms with E-state index in [0.29, 0.717) is 12.6 Å². The van der Waals surface area contributed by atoms with Crippen LogP contribution in [0.1, 0.15) is 12.8 Å². The Hall–Kier alpha value is -0.260. The van der Waals surface area contributed by atoms with Crippen LogP contribution >= 0.6 is 0 Å². The van der Waals surface area contributed by atoms with Crippen molar-refractivity contribution in [3.8, 4) is 0 Å². The molecule has 0 spiro atoms. The largest absolute Gasteiger partial charge is 0.377 e. The summed E-state index contributed by atoms with van der Waals surface area (Å²) in [4.78, 5) is 1.63. The SMILES string of the molecule is CN(CCNCC1CCCO1)CC(F)F. The van der Waals surface area contributed by atoms with E-state index in [2.05, 4.69) is 5.32 Å². The van der Waals surface area contributed by atoms with Crippen molar-refractivity contribution in [1.82, 2.24) is 10.2 Å². The number of nitrogens with zero attached hydrogens (tertiary/aromatic N) is 1. The first-order chi connectivity index (χ1) is 7.18. The van der Waals surface area contributed by atoms with E-state index in [-0.39, 0.29) is 6.54 Å². The van der Waals surface area contributed by atoms with Crippen molar-refractivity contribution in [2.24, 2.45) is 0 Å². The average molecular weight is 222 g/mol. The van der Waals surface area contributed by atoms with Crippen molar-refractivity contribution in [3.63, 3.8) is 0 Å². The van der Waals surface area contributed by atoms with E-state index in [9.17, 15) is 8.78 Å². The minimum absolute atomic E-state index is 0.151. The maximum atomic E-state index is 12.0. The third kappa shape index (κ3) is 6.02. The van der Waals surface area contributed by atoms with Gasteiger partial charge in [0.1, 0.15) is 0 Å². The molecule has 1 aliphatic heterocycles. The van der Waals surface area contributed by atoms with Crippen molar-refractivity contribution in [2.45, 2.75) is 25.4 Å². The van der Waals surface area contributed by atoms with E-state index in [1.54, 1.807) is 11.9 Å². The van der Waals surface area contributed by atoms with Crippen LogP contribution < -0.4 is 5.32 Å². The van der Waals surface area contributed by atoms with Crippen LogP contribution in [0.15, 0.2) is 0 Å². The maximum absolute atomic E-state index is 12.0. The third-order valence-corrected chi connectivity index (χ3v) is 2.52. The minimum Gasteiger partial charge on any atom is -0.377 e. The Balaban J connectivity index is 1.91. The van der Waals surface area contributed by atoms with Gasteiger partial charge in [-0.1, -0.05) is 0 Å². The molecule has 0 aromatic carbocycles. The molecule has 1 heterocycles. The molecule has 0 radical (unpaired) electrons. The lowest BCUT2D eigenvalue weighted by Gasteiger charge is -2.17. The Bertz CT molecular complexity index is 164. The second-order valence-corrected chi connectivity index (χ2v) is 3.99. The molecule has 1 unspecified atom stereocenters. The van der Waals surface area contributed by atoms with Gasteiger partial charge in [-0.05, 0) is 19.9 Å². The van der Waals surface area contributed by atoms with Crippen molar-refractivity contribution in [3.05, 3.63) is 0 Å². The first kappa shape index (κ1) is 12.8. The van der Waals surface area contributed by atoms with E-state index < -0.39 is 6.43 Å². The molecule has 0 saturated carbocycles. The van der Waals surface area contributed by atoms with Crippen molar-refractivity contribution >= 4 is 0 Å². The molecule has 0 amide bonds. The zero-order valence-electron chi connectivity index (χ0n) is 9.22. The van der Waals surface area contributed by atoms with Gasteiger partial charge < -0.3 is 10.1 Å². The molecular formula is C10H20F2N2O. The highest BCUT2D eigenvalue weighted by atomic mass is 19.3. The van der Waals surface area contributed by atoms with Crippen molar-refractivity contribution in [1.29, 1.82) is 0 Å². The minimum atomic E-state index is -2.24. The summed E-state index contributed by atoms with van der Waals surface area (Å²) >= 11 is 0. The molecule has 1 N–H and O–H groups in total. The summed E-state index contributed by atoms with van der Waals surface area (Å²) in [6.07, 6.45) is 0.330. The van der Waals surface area contributed by atoms with Crippen LogP contribution in [0.3, 0.4) is 0 Å². The Morgan fingerprint density at radius 3 is 2.93 bits per heavy atom. The number of ether oxygens (including phenoxy) is 1. The van der Waals surface area contributed by atoms with Crippen LogP contribution in [0.2, 0.25) is 0 Å². The van der Waals surface area contributed by atoms with Crippen LogP contribution in [0.25, 0.3) is 0 Å². The fourth-order valence-electron chi connectivity index (χ4n) is 1.67. The molecule has 1 fully saturated rings. The van der Waals surface area contributed by atoms with E-state index >= 15 is 0 Å². The summed E-state index contributed by atoms with van der Waals surface area (Å²) in [5, 5.41) is 3.22. The molecule has 1 atom stereocenters. The van der Waals surface area contributed by atoms with Gasteiger partial charge in [-0.2, -0.15) is 0 Å². The lowest BCUT2D eigenvalue weighted by Crippen LogP contribution is -2.35. The molecule has 1 saturated heterocycles. The van der Waals surface area contributed by atoms with Crippen LogP contribution in [0.4, 0.5) is 8.78 Å². The van der Waals surface area contributed by atoms with Crippen molar-refractivity contribution < 1.29 is 13.5 Å². The molecule has 0 aromatic rings. The second-order valence-electron chi connectivity index (χ2n) is 3.99. The Kier molecular flexibility index (Phi) is 6.05. The zero-order valence-corrected chi connectivity index (χ0v) is 9.22. The number of hydrogen-bond donors (Lipinski definition) is 1. The molecule has 15 heavy (non-hydrogen) atoms. The molecule has 0 aromatic heterocycles. The molecule has 90 valence electrons. The van der Waals surface area contributed by atoms with Gasteiger partial charge in [0.05, 0.1) is 12.6 Å². The number of likely N-dealkylation sites (N-methyl/N-ethyl adjacent to an activating group) is 1. The van der Waals surface area contributed by atoms with Crippen LogP contribution in [0, 0.1) is 0 Å². The molecule has 1 rings (SSSR count). The highest BCUT2D eigenvalue weighted by Gasteiger charge is 2.14. The van der Waals surface area contributed by atoms with E-state index in [1.165, 1.54) is 0 Å². The van der Waals surface area contributed by atoms with Gasteiger partial charge in [0.15, 0.2) is 0 Å². The normalized spacial score (nSPS) is 21.8. The highest BCUT2D eigenvalue weighted by molar-refractivity contribution is 4.67. The predicted octanol–water partition coefficient (Wildman–Crippen LogP) is 0.952. The van der Waals surface area contributed by atoms with Gasteiger partial charge in [-0.25, -0.2) is 8.78 Å². The summed E-state index contributed by atoms with van der Waals surface area (Å²) in [6, 6.07) is 0. The summed E-state index contributed by atoms with van der Waals surface area (Å²) in [7, 11) is 1.71. The van der Waals surface area contributed by atoms with Gasteiger partial charge in [-0.3, -0.25) is 4.90 Å². The second kappa shape index (κ2) is 7.09. The molecule has 0 bridgehead atoms. The first-order valence-corrected chi connectivity index (χ1v) is 5.47. The van der Waals surface area contributed by atoms with E-state index in [4.69, 9.17) is 4.74 Å². The standard InChI is InChI=1S/C10H20F2N2O/c1-14(8-10(11)12)5-4-13-7-9-3-2-6-15-9/h9-10,13H,2-8H2,1H3. The monoisotopic (exact) mass is 222 g/mol. The van der Waals surface area contributed by atoms with E-state index in [0.717, 1.165) is 32.5 Å². The topological polar surface area (TPSA) is 24.5 Å². The van der Waals surface area contributed by atoms with Gasteiger partial charge in [-0.15, -0.1) is 0 Å². The van der Waals surface area contributed by atoms with Gasteiger partial charge >= 0.3 is 0 Å². The molecular weight excluding hydrogens is 202 g/mol. The average Bonchev–Trinajstić information content (AvgIpc) is 2.63. The van der Waals surface area contributed by atoms with Gasteiger partial charge in [0.25, 0.3) is 6.43 Å². The summed E-state index contributed by atoms with van der Waals surface area (Å²) in [6.45, 7) is 2.93. The number of hydrogen-bond acceptors (Lipinski definition) is 3.